The van der Waals surface area contributed by atoms with E-state index in [0.717, 1.165) is 28.0 Å². The minimum absolute atomic E-state index is 0.00107. The van der Waals surface area contributed by atoms with Crippen LogP contribution in [0.25, 0.3) is 0 Å². The quantitative estimate of drug-likeness (QED) is 0.0654. The molecule has 17 heteroatoms. The van der Waals surface area contributed by atoms with E-state index >= 15 is 0 Å². The first-order valence-corrected chi connectivity index (χ1v) is 18.2. The van der Waals surface area contributed by atoms with E-state index in [1.807, 2.05) is 91.0 Å². The highest BCUT2D eigenvalue weighted by molar-refractivity contribution is 8.00. The number of nitrogen functional groups attached to an aromatic ring is 1. The zero-order valence-electron chi connectivity index (χ0n) is 27.9. The Morgan fingerprint density at radius 1 is 0.981 bits per heavy atom. The largest absolute Gasteiger partial charge is 0.477 e. The lowest BCUT2D eigenvalue weighted by Gasteiger charge is -2.49. The van der Waals surface area contributed by atoms with Gasteiger partial charge in [-0.25, -0.2) is 9.78 Å². The number of alkyl halides is 3. The number of nitrogens with two attached hydrogens (primary N) is 1. The van der Waals surface area contributed by atoms with E-state index in [0.29, 0.717) is 21.6 Å². The number of carbonyl (C=O) groups excluding carboxylic acids is 3. The molecular formula is C37H29F3N6O6S2. The number of nitrogens with zero attached hydrogens (tertiary/aromatic N) is 4. The van der Waals surface area contributed by atoms with Gasteiger partial charge >= 0.3 is 12.1 Å². The predicted octanol–water partition coefficient (Wildman–Crippen LogP) is 4.51. The van der Waals surface area contributed by atoms with E-state index in [2.05, 4.69) is 15.5 Å². The van der Waals surface area contributed by atoms with Crippen LogP contribution < -0.4 is 11.1 Å². The number of oxime groups is 1. The fourth-order valence-electron chi connectivity index (χ4n) is 6.47. The molecule has 276 valence electrons. The molecule has 54 heavy (non-hydrogen) atoms. The molecule has 12 nitrogen and oxygen atoms in total. The number of benzene rings is 3. The summed E-state index contributed by atoms with van der Waals surface area (Å²) >= 11 is 2.18. The van der Waals surface area contributed by atoms with E-state index in [1.165, 1.54) is 11.5 Å². The number of likely N-dealkylation sites (tertiary alicyclic amines) is 1. The highest BCUT2D eigenvalue weighted by atomic mass is 32.2. The molecule has 0 saturated carbocycles. The van der Waals surface area contributed by atoms with Gasteiger partial charge in [-0.3, -0.25) is 19.3 Å². The molecule has 0 aliphatic carbocycles. The summed E-state index contributed by atoms with van der Waals surface area (Å²) in [5.41, 5.74) is 6.10. The number of halogens is 3. The Kier molecular flexibility index (Phi) is 9.76. The van der Waals surface area contributed by atoms with E-state index < -0.39 is 59.1 Å². The second-order valence-electron chi connectivity index (χ2n) is 12.4. The second-order valence-corrected chi connectivity index (χ2v) is 14.4. The molecule has 2 atom stereocenters. The molecule has 0 bridgehead atoms. The molecule has 4 N–H and O–H groups in total. The Balaban J connectivity index is 1.19. The number of β-lactam (4-membered cyclic amide) rings is 2. The smallest absolute Gasteiger partial charge is 0.406 e. The molecule has 3 amide bonds. The van der Waals surface area contributed by atoms with Crippen molar-refractivity contribution in [1.82, 2.24) is 20.1 Å². The van der Waals surface area contributed by atoms with Crippen LogP contribution in [-0.2, 0) is 29.6 Å². The van der Waals surface area contributed by atoms with Crippen molar-refractivity contribution in [2.45, 2.75) is 23.2 Å². The average Bonchev–Trinajstić information content (AvgIpc) is 3.60. The molecule has 7 rings (SSSR count). The normalized spacial score (nSPS) is 19.6. The van der Waals surface area contributed by atoms with Crippen LogP contribution in [-0.4, -0.2) is 85.7 Å². The van der Waals surface area contributed by atoms with Crippen molar-refractivity contribution in [2.75, 3.05) is 24.6 Å². The first-order chi connectivity index (χ1) is 25.9. The highest BCUT2D eigenvalue weighted by Crippen LogP contribution is 2.43. The van der Waals surface area contributed by atoms with E-state index in [-0.39, 0.29) is 40.0 Å². The van der Waals surface area contributed by atoms with Crippen LogP contribution in [0.3, 0.4) is 0 Å². The lowest BCUT2D eigenvalue weighted by atomic mass is 9.80. The molecule has 0 spiro atoms. The molecule has 3 aliphatic heterocycles. The molecular weight excluding hydrogens is 746 g/mol. The van der Waals surface area contributed by atoms with Crippen molar-refractivity contribution in [3.05, 3.63) is 142 Å². The third kappa shape index (κ3) is 6.82. The Hall–Kier alpha value is -5.94. The maximum Gasteiger partial charge on any atom is 0.406 e. The van der Waals surface area contributed by atoms with Crippen molar-refractivity contribution >= 4 is 57.6 Å². The number of allylic oxidation sites excluding steroid dienone is 1. The lowest BCUT2D eigenvalue weighted by molar-refractivity contribution is -0.164. The number of fused-ring (bicyclic) bond motifs is 1. The number of aromatic nitrogens is 1. The number of rotatable bonds is 11. The van der Waals surface area contributed by atoms with Gasteiger partial charge in [-0.2, -0.15) is 13.2 Å². The number of thiazole rings is 1. The van der Waals surface area contributed by atoms with E-state index in [9.17, 15) is 37.5 Å². The summed E-state index contributed by atoms with van der Waals surface area (Å²) in [4.78, 5) is 64.8. The minimum atomic E-state index is -4.58. The van der Waals surface area contributed by atoms with E-state index in [4.69, 9.17) is 10.6 Å². The number of hydrogen-bond acceptors (Lipinski definition) is 10. The maximum absolute atomic E-state index is 14.1. The number of amides is 3. The van der Waals surface area contributed by atoms with Crippen LogP contribution in [0.1, 0.15) is 22.4 Å². The van der Waals surface area contributed by atoms with Crippen molar-refractivity contribution in [3.63, 3.8) is 0 Å². The topological polar surface area (TPSA) is 168 Å². The van der Waals surface area contributed by atoms with Gasteiger partial charge in [0, 0.05) is 33.4 Å². The van der Waals surface area contributed by atoms with Gasteiger partial charge in [0.05, 0.1) is 6.54 Å². The van der Waals surface area contributed by atoms with Crippen molar-refractivity contribution in [3.8, 4) is 0 Å². The van der Waals surface area contributed by atoms with Gasteiger partial charge < -0.3 is 25.9 Å². The van der Waals surface area contributed by atoms with Gasteiger partial charge in [0.15, 0.2) is 10.8 Å². The number of aliphatic carboxylic acids is 1. The Labute approximate surface area is 313 Å². The number of anilines is 1. The molecule has 4 aromatic rings. The number of carbonyl (C=O) groups is 4. The summed E-state index contributed by atoms with van der Waals surface area (Å²) in [6, 6.07) is 26.7. The Morgan fingerprint density at radius 2 is 1.56 bits per heavy atom. The predicted molar refractivity (Wildman–Crippen MR) is 194 cm³/mol. The standard InChI is InChI=1S/C37H29F3N6O6S2/c38-36(39,40)20-45-17-21(31(45)48)16-22-18-53-33-28(32(49)46(33)29(22)34(50)51)43-30(47)27(26-19-54-35(41)42-26)44-52-37(23-10-4-1-5-11-23,24-12-6-2-7-13-24)25-14-8-3-9-15-25/h1-16,19,28,33H,17-18,20H2,(H2,41,42)(H,43,47)(H,50,51)/b21-16+,44-27-/t28-,33-/m1/s1. The van der Waals surface area contributed by atoms with Gasteiger partial charge in [-0.15, -0.1) is 23.1 Å². The number of nitrogens with one attached hydrogen (secondary N) is 1. The van der Waals surface area contributed by atoms with Crippen LogP contribution in [0.15, 0.2) is 124 Å². The summed E-state index contributed by atoms with van der Waals surface area (Å²) in [6.45, 7) is -1.74. The molecule has 4 heterocycles. The molecule has 1 aromatic heterocycles. The van der Waals surface area contributed by atoms with Crippen LogP contribution in [0.2, 0.25) is 0 Å². The van der Waals surface area contributed by atoms with Crippen LogP contribution in [0.5, 0.6) is 0 Å². The van der Waals surface area contributed by atoms with Crippen LogP contribution >= 0.6 is 23.1 Å². The molecule has 0 unspecified atom stereocenters. The van der Waals surface area contributed by atoms with Gasteiger partial charge in [0.25, 0.3) is 17.7 Å². The number of hydrogen-bond donors (Lipinski definition) is 3. The average molecular weight is 775 g/mol. The highest BCUT2D eigenvalue weighted by Gasteiger charge is 2.54. The number of carboxylic acids is 1. The van der Waals surface area contributed by atoms with Crippen LogP contribution in [0, 0.1) is 0 Å². The maximum atomic E-state index is 14.1. The summed E-state index contributed by atoms with van der Waals surface area (Å²) in [7, 11) is 0. The fraction of sp³-hybridized carbons (Fsp3) is 0.189. The summed E-state index contributed by atoms with van der Waals surface area (Å²) in [5, 5.41) is 18.0. The molecule has 2 saturated heterocycles. The second kappa shape index (κ2) is 14.5. The SMILES string of the molecule is Nc1nc(/C(=N/OC(c2ccccc2)(c2ccccc2)c2ccccc2)C(=O)N[C@@H]2C(=O)N3C(C(=O)O)=C(/C=C4\CN(CC(F)(F)F)C4=O)CS[C@H]23)cs1. The molecule has 3 aliphatic rings. The molecule has 0 radical (unpaired) electrons. The monoisotopic (exact) mass is 774 g/mol. The van der Waals surface area contributed by atoms with Crippen LogP contribution in [0.4, 0.5) is 18.3 Å². The molecule has 2 fully saturated rings. The number of thioether (sulfide) groups is 1. The van der Waals surface area contributed by atoms with Crippen molar-refractivity contribution < 1.29 is 42.3 Å². The fourth-order valence-corrected chi connectivity index (χ4v) is 8.33. The number of carboxylic acid groups (broad SMARTS) is 1. The Morgan fingerprint density at radius 3 is 2.04 bits per heavy atom. The van der Waals surface area contributed by atoms with Gasteiger partial charge in [-0.05, 0) is 11.6 Å². The van der Waals surface area contributed by atoms with Crippen molar-refractivity contribution in [2.24, 2.45) is 5.16 Å². The third-order valence-electron chi connectivity index (χ3n) is 8.92. The summed E-state index contributed by atoms with van der Waals surface area (Å²) < 4.78 is 38.3. The van der Waals surface area contributed by atoms with Crippen molar-refractivity contribution in [1.29, 1.82) is 0 Å². The summed E-state index contributed by atoms with van der Waals surface area (Å²) in [5.74, 6) is -3.95. The minimum Gasteiger partial charge on any atom is -0.477 e. The zero-order chi connectivity index (χ0) is 38.2. The first-order valence-electron chi connectivity index (χ1n) is 16.3. The van der Waals surface area contributed by atoms with Gasteiger partial charge in [-0.1, -0.05) is 96.2 Å². The van der Waals surface area contributed by atoms with E-state index in [1.54, 1.807) is 0 Å². The Bertz CT molecular complexity index is 2120. The lowest BCUT2D eigenvalue weighted by Crippen LogP contribution is -2.71. The van der Waals surface area contributed by atoms with Gasteiger partial charge in [0.1, 0.15) is 29.4 Å². The summed E-state index contributed by atoms with van der Waals surface area (Å²) in [6.07, 6.45) is -3.37. The zero-order valence-corrected chi connectivity index (χ0v) is 29.5. The van der Waals surface area contributed by atoms with Gasteiger partial charge in [0.2, 0.25) is 5.60 Å². The molecule has 3 aromatic carbocycles. The first kappa shape index (κ1) is 36.4. The third-order valence-corrected chi connectivity index (χ3v) is 10.9.